The van der Waals surface area contributed by atoms with Gasteiger partial charge in [0.1, 0.15) is 5.58 Å². The molecule has 0 fully saturated rings. The zero-order valence-corrected chi connectivity index (χ0v) is 20.2. The summed E-state index contributed by atoms with van der Waals surface area (Å²) in [6.45, 7) is 0. The topological polar surface area (TPSA) is 13.1 Å². The number of rotatable bonds is 2. The molecule has 0 N–H and O–H groups in total. The van der Waals surface area contributed by atoms with E-state index in [4.69, 9.17) is 4.42 Å². The van der Waals surface area contributed by atoms with Gasteiger partial charge in [0, 0.05) is 21.2 Å². The molecule has 2 aromatic heterocycles. The van der Waals surface area contributed by atoms with Crippen LogP contribution < -0.4 is 0 Å². The van der Waals surface area contributed by atoms with Gasteiger partial charge in [-0.05, 0) is 56.3 Å². The van der Waals surface area contributed by atoms with Crippen molar-refractivity contribution >= 4 is 64.9 Å². The predicted molar refractivity (Wildman–Crippen MR) is 155 cm³/mol. The van der Waals surface area contributed by atoms with Gasteiger partial charge >= 0.3 is 0 Å². The van der Waals surface area contributed by atoms with Crippen molar-refractivity contribution in [2.75, 3.05) is 0 Å². The van der Waals surface area contributed by atoms with Gasteiger partial charge in [-0.3, -0.25) is 0 Å². The molecule has 0 aliphatic carbocycles. The molecule has 1 nitrogen and oxygen atoms in total. The smallest absolute Gasteiger partial charge is 0.153 e. The summed E-state index contributed by atoms with van der Waals surface area (Å²) >= 11 is 1.83. The van der Waals surface area contributed by atoms with Crippen molar-refractivity contribution in [3.05, 3.63) is 121 Å². The summed E-state index contributed by atoms with van der Waals surface area (Å²) in [5, 5.41) is 8.70. The lowest BCUT2D eigenvalue weighted by Crippen LogP contribution is -1.89. The quantitative estimate of drug-likeness (QED) is 0.226. The first-order chi connectivity index (χ1) is 17.9. The molecule has 0 aliphatic rings. The third kappa shape index (κ3) is 2.76. The fraction of sp³-hybridized carbons (Fsp3) is 0. The van der Waals surface area contributed by atoms with E-state index in [2.05, 4.69) is 115 Å². The number of furan rings is 1. The number of fused-ring (bicyclic) bond motifs is 7. The Hall–Kier alpha value is -4.40. The molecule has 0 amide bonds. The van der Waals surface area contributed by atoms with E-state index < -0.39 is 0 Å². The molecule has 0 spiro atoms. The standard InChI is InChI=1S/C34H20OS/c1-2-10-21(11-3-1)31-24-13-4-6-15-26(24)32(27-16-7-5-14-25(27)31)30-20-22-18-19-28-23-12-8-9-17-29(23)35-33(28)34(22)36-30/h1-20H. The maximum atomic E-state index is 6.38. The summed E-state index contributed by atoms with van der Waals surface area (Å²) in [5.41, 5.74) is 5.77. The van der Waals surface area contributed by atoms with Crippen LogP contribution in [-0.4, -0.2) is 0 Å². The largest absolute Gasteiger partial charge is 0.455 e. The van der Waals surface area contributed by atoms with Crippen LogP contribution in [0.3, 0.4) is 0 Å². The summed E-state index contributed by atoms with van der Waals surface area (Å²) in [7, 11) is 0. The highest BCUT2D eigenvalue weighted by molar-refractivity contribution is 7.23. The summed E-state index contributed by atoms with van der Waals surface area (Å²) in [4.78, 5) is 1.27. The molecule has 0 bridgehead atoms. The van der Waals surface area contributed by atoms with E-state index in [1.165, 1.54) is 64.0 Å². The lowest BCUT2D eigenvalue weighted by atomic mass is 9.88. The van der Waals surface area contributed by atoms with Crippen LogP contribution in [0.5, 0.6) is 0 Å². The molecule has 168 valence electrons. The molecule has 0 radical (unpaired) electrons. The SMILES string of the molecule is c1ccc(-c2c3ccccc3c(-c3cc4ccc5c6ccccc6oc5c4s3)c3ccccc23)cc1. The number of para-hydroxylation sites is 1. The lowest BCUT2D eigenvalue weighted by Gasteiger charge is -2.16. The highest BCUT2D eigenvalue weighted by Crippen LogP contribution is 2.47. The molecule has 36 heavy (non-hydrogen) atoms. The van der Waals surface area contributed by atoms with Gasteiger partial charge in [0.2, 0.25) is 0 Å². The van der Waals surface area contributed by atoms with Crippen LogP contribution in [0.15, 0.2) is 126 Å². The summed E-state index contributed by atoms with van der Waals surface area (Å²) in [5.74, 6) is 0. The van der Waals surface area contributed by atoms with Gasteiger partial charge in [-0.25, -0.2) is 0 Å². The minimum atomic E-state index is 0.943. The first kappa shape index (κ1) is 19.9. The first-order valence-electron chi connectivity index (χ1n) is 12.2. The van der Waals surface area contributed by atoms with E-state index in [0.29, 0.717) is 0 Å². The summed E-state index contributed by atoms with van der Waals surface area (Å²) in [6, 6.07) is 43.5. The number of hydrogen-bond donors (Lipinski definition) is 0. The third-order valence-corrected chi connectivity index (χ3v) is 8.44. The van der Waals surface area contributed by atoms with Gasteiger partial charge < -0.3 is 4.42 Å². The van der Waals surface area contributed by atoms with E-state index in [1.54, 1.807) is 0 Å². The van der Waals surface area contributed by atoms with Gasteiger partial charge in [0.25, 0.3) is 0 Å². The Morgan fingerprint density at radius 2 is 1.06 bits per heavy atom. The van der Waals surface area contributed by atoms with Crippen LogP contribution in [0.1, 0.15) is 0 Å². The minimum Gasteiger partial charge on any atom is -0.455 e. The first-order valence-corrected chi connectivity index (χ1v) is 13.0. The van der Waals surface area contributed by atoms with E-state index >= 15 is 0 Å². The lowest BCUT2D eigenvalue weighted by molar-refractivity contribution is 0.673. The van der Waals surface area contributed by atoms with E-state index in [-0.39, 0.29) is 0 Å². The Bertz CT molecular complexity index is 2040. The van der Waals surface area contributed by atoms with Gasteiger partial charge in [-0.15, -0.1) is 11.3 Å². The van der Waals surface area contributed by atoms with Crippen molar-refractivity contribution in [2.24, 2.45) is 0 Å². The van der Waals surface area contributed by atoms with Crippen molar-refractivity contribution in [1.29, 1.82) is 0 Å². The second-order valence-electron chi connectivity index (χ2n) is 9.28. The fourth-order valence-corrected chi connectivity index (χ4v) is 6.93. The second-order valence-corrected chi connectivity index (χ2v) is 10.3. The maximum Gasteiger partial charge on any atom is 0.153 e. The summed E-state index contributed by atoms with van der Waals surface area (Å²) < 4.78 is 7.58. The van der Waals surface area contributed by atoms with Gasteiger partial charge in [-0.2, -0.15) is 0 Å². The Balaban J connectivity index is 1.50. The molecule has 0 saturated heterocycles. The Labute approximate surface area is 211 Å². The van der Waals surface area contributed by atoms with E-state index in [1.807, 2.05) is 17.4 Å². The molecule has 0 saturated carbocycles. The molecule has 8 aromatic rings. The van der Waals surface area contributed by atoms with E-state index in [0.717, 1.165) is 11.2 Å². The molecule has 2 heterocycles. The molecular formula is C34H20OS. The van der Waals surface area contributed by atoms with Crippen molar-refractivity contribution in [2.45, 2.75) is 0 Å². The van der Waals surface area contributed by atoms with Crippen molar-refractivity contribution in [3.8, 4) is 21.6 Å². The zero-order valence-electron chi connectivity index (χ0n) is 19.4. The van der Waals surface area contributed by atoms with Crippen LogP contribution >= 0.6 is 11.3 Å². The molecule has 0 aliphatic heterocycles. The summed E-state index contributed by atoms with van der Waals surface area (Å²) in [6.07, 6.45) is 0. The van der Waals surface area contributed by atoms with Crippen LogP contribution in [0, 0.1) is 0 Å². The van der Waals surface area contributed by atoms with Gasteiger partial charge in [0.15, 0.2) is 5.58 Å². The van der Waals surface area contributed by atoms with Gasteiger partial charge in [0.05, 0.1) is 4.70 Å². The molecule has 6 aromatic carbocycles. The highest BCUT2D eigenvalue weighted by atomic mass is 32.1. The monoisotopic (exact) mass is 476 g/mol. The molecular weight excluding hydrogens is 456 g/mol. The maximum absolute atomic E-state index is 6.38. The molecule has 2 heteroatoms. The van der Waals surface area contributed by atoms with Crippen LogP contribution in [0.2, 0.25) is 0 Å². The van der Waals surface area contributed by atoms with Crippen LogP contribution in [0.25, 0.3) is 75.1 Å². The average Bonchev–Trinajstić information content (AvgIpc) is 3.53. The predicted octanol–water partition coefficient (Wildman–Crippen LogP) is 10.4. The number of benzene rings is 6. The van der Waals surface area contributed by atoms with Crippen molar-refractivity contribution in [3.63, 3.8) is 0 Å². The molecule has 0 atom stereocenters. The normalized spacial score (nSPS) is 11.9. The van der Waals surface area contributed by atoms with Crippen molar-refractivity contribution < 1.29 is 4.42 Å². The Morgan fingerprint density at radius 1 is 0.472 bits per heavy atom. The van der Waals surface area contributed by atoms with Crippen LogP contribution in [0.4, 0.5) is 0 Å². The average molecular weight is 477 g/mol. The highest BCUT2D eigenvalue weighted by Gasteiger charge is 2.19. The molecule has 8 rings (SSSR count). The van der Waals surface area contributed by atoms with Gasteiger partial charge in [-0.1, -0.05) is 103 Å². The fourth-order valence-electron chi connectivity index (χ4n) is 5.71. The number of thiophene rings is 1. The third-order valence-electron chi connectivity index (χ3n) is 7.27. The number of hydrogen-bond acceptors (Lipinski definition) is 2. The van der Waals surface area contributed by atoms with Crippen molar-refractivity contribution in [1.82, 2.24) is 0 Å². The Morgan fingerprint density at radius 3 is 1.75 bits per heavy atom. The Kier molecular flexibility index (Phi) is 4.16. The minimum absolute atomic E-state index is 0.943. The molecule has 0 unspecified atom stereocenters. The van der Waals surface area contributed by atoms with E-state index in [9.17, 15) is 0 Å². The zero-order chi connectivity index (χ0) is 23.6. The van der Waals surface area contributed by atoms with Crippen LogP contribution in [-0.2, 0) is 0 Å². The second kappa shape index (κ2) is 7.55.